The van der Waals surface area contributed by atoms with Gasteiger partial charge in [0.05, 0.1) is 33.4 Å². The zero-order valence-electron chi connectivity index (χ0n) is 14.6. The van der Waals surface area contributed by atoms with Gasteiger partial charge in [0.25, 0.3) is 5.91 Å². The van der Waals surface area contributed by atoms with Gasteiger partial charge in [-0.3, -0.25) is 9.63 Å². The number of pyridine rings is 1. The van der Waals surface area contributed by atoms with Crippen LogP contribution < -0.4 is 16.0 Å². The van der Waals surface area contributed by atoms with Gasteiger partial charge in [-0.15, -0.1) is 11.3 Å². The maximum atomic E-state index is 14.7. The van der Waals surface area contributed by atoms with Crippen LogP contribution in [0, 0.1) is 5.82 Å². The first-order chi connectivity index (χ1) is 13.8. The lowest BCUT2D eigenvalue weighted by atomic mass is 10.1. The number of halogens is 4. The lowest BCUT2D eigenvalue weighted by Gasteiger charge is -2.12. The van der Waals surface area contributed by atoms with Crippen molar-refractivity contribution >= 4 is 57.7 Å². The van der Waals surface area contributed by atoms with Gasteiger partial charge in [-0.25, -0.2) is 19.8 Å². The third kappa shape index (κ3) is 4.71. The Hall–Kier alpha value is -2.17. The largest absolute Gasteiger partial charge is 0.492 e. The van der Waals surface area contributed by atoms with Gasteiger partial charge >= 0.3 is 0 Å². The summed E-state index contributed by atoms with van der Waals surface area (Å²) in [6.45, 7) is 0.0337. The fourth-order valence-electron chi connectivity index (χ4n) is 2.33. The molecule has 3 rings (SSSR count). The van der Waals surface area contributed by atoms with Crippen LogP contribution in [0.2, 0.25) is 14.5 Å². The quantitative estimate of drug-likeness (QED) is 0.497. The molecule has 0 atom stereocenters. The van der Waals surface area contributed by atoms with E-state index in [4.69, 9.17) is 50.1 Å². The number of aromatic nitrogens is 2. The van der Waals surface area contributed by atoms with Crippen molar-refractivity contribution in [3.8, 4) is 17.0 Å². The van der Waals surface area contributed by atoms with Crippen molar-refractivity contribution in [2.45, 2.75) is 6.61 Å². The fourth-order valence-corrected chi connectivity index (χ4v) is 3.62. The van der Waals surface area contributed by atoms with Crippen LogP contribution in [0.4, 0.5) is 10.1 Å². The van der Waals surface area contributed by atoms with E-state index in [0.717, 1.165) is 0 Å². The molecule has 1 amide bonds. The Bertz CT molecular complexity index is 1080. The lowest BCUT2D eigenvalue weighted by Crippen LogP contribution is -2.25. The molecule has 0 fully saturated rings. The minimum Gasteiger partial charge on any atom is -0.492 e. The number of hydroxylamine groups is 1. The first-order valence-corrected chi connectivity index (χ1v) is 9.77. The Morgan fingerprint density at radius 3 is 2.76 bits per heavy atom. The van der Waals surface area contributed by atoms with Crippen LogP contribution >= 0.6 is 46.1 Å². The minimum atomic E-state index is -0.763. The van der Waals surface area contributed by atoms with Gasteiger partial charge in [0.15, 0.2) is 21.7 Å². The van der Waals surface area contributed by atoms with E-state index in [0.29, 0.717) is 9.34 Å². The zero-order valence-corrected chi connectivity index (χ0v) is 17.7. The summed E-state index contributed by atoms with van der Waals surface area (Å²) in [4.78, 5) is 26.2. The molecular formula is C17H12Cl3FN4O3S. The van der Waals surface area contributed by atoms with Gasteiger partial charge in [0, 0.05) is 11.8 Å². The normalized spacial score (nSPS) is 10.8. The number of hydrogen-bond acceptors (Lipinski definition) is 7. The molecule has 2 aromatic heterocycles. The molecule has 0 aliphatic rings. The van der Waals surface area contributed by atoms with Gasteiger partial charge in [0.1, 0.15) is 6.61 Å². The van der Waals surface area contributed by atoms with Crippen molar-refractivity contribution in [3.05, 3.63) is 55.3 Å². The number of thiazole rings is 1. The minimum absolute atomic E-state index is 0.0314. The summed E-state index contributed by atoms with van der Waals surface area (Å²) in [5.41, 5.74) is 7.97. The molecule has 0 saturated carbocycles. The number of hydrogen-bond donors (Lipinski definition) is 2. The predicted molar refractivity (Wildman–Crippen MR) is 110 cm³/mol. The van der Waals surface area contributed by atoms with E-state index >= 15 is 0 Å². The van der Waals surface area contributed by atoms with Gasteiger partial charge in [-0.05, 0) is 18.2 Å². The molecule has 12 heteroatoms. The number of nitrogens with one attached hydrogen (secondary N) is 1. The molecule has 29 heavy (non-hydrogen) atoms. The number of benzene rings is 1. The topological polar surface area (TPSA) is 99.4 Å². The van der Waals surface area contributed by atoms with Gasteiger partial charge in [-0.2, -0.15) is 0 Å². The average molecular weight is 478 g/mol. The zero-order chi connectivity index (χ0) is 21.1. The van der Waals surface area contributed by atoms with E-state index in [-0.39, 0.29) is 45.0 Å². The number of anilines is 1. The summed E-state index contributed by atoms with van der Waals surface area (Å²) < 4.78 is 20.0. The highest BCUT2D eigenvalue weighted by Crippen LogP contribution is 2.36. The maximum absolute atomic E-state index is 14.7. The lowest BCUT2D eigenvalue weighted by molar-refractivity contribution is 0.0238. The number of amides is 1. The number of rotatable bonds is 6. The molecule has 0 bridgehead atoms. The Labute approximate surface area is 183 Å². The van der Waals surface area contributed by atoms with Crippen LogP contribution in [-0.2, 0) is 11.4 Å². The highest BCUT2D eigenvalue weighted by molar-refractivity contribution is 7.15. The molecule has 3 N–H and O–H groups in total. The second-order valence-electron chi connectivity index (χ2n) is 5.50. The number of ether oxygens (including phenoxy) is 1. The molecule has 1 aromatic carbocycles. The summed E-state index contributed by atoms with van der Waals surface area (Å²) in [5.74, 6) is -1.67. The number of methoxy groups -OCH3 is 1. The van der Waals surface area contributed by atoms with Crippen LogP contribution in [-0.4, -0.2) is 23.0 Å². The van der Waals surface area contributed by atoms with Crippen LogP contribution in [0.15, 0.2) is 24.4 Å². The van der Waals surface area contributed by atoms with Crippen molar-refractivity contribution in [1.82, 2.24) is 15.4 Å². The average Bonchev–Trinajstić information content (AvgIpc) is 3.09. The summed E-state index contributed by atoms with van der Waals surface area (Å²) >= 11 is 18.9. The van der Waals surface area contributed by atoms with E-state index in [1.807, 2.05) is 0 Å². The van der Waals surface area contributed by atoms with Crippen molar-refractivity contribution in [2.75, 3.05) is 12.8 Å². The summed E-state index contributed by atoms with van der Waals surface area (Å²) in [6.07, 6.45) is 1.51. The maximum Gasteiger partial charge on any atom is 0.295 e. The van der Waals surface area contributed by atoms with Crippen molar-refractivity contribution < 1.29 is 18.8 Å². The Balaban J connectivity index is 1.87. The van der Waals surface area contributed by atoms with E-state index < -0.39 is 11.7 Å². The third-order valence-electron chi connectivity index (χ3n) is 3.63. The highest BCUT2D eigenvalue weighted by Gasteiger charge is 2.21. The molecule has 3 aromatic rings. The van der Waals surface area contributed by atoms with E-state index in [9.17, 15) is 9.18 Å². The fraction of sp³-hybridized carbons (Fsp3) is 0.118. The van der Waals surface area contributed by atoms with Crippen molar-refractivity contribution in [3.63, 3.8) is 0 Å². The number of nitrogens with zero attached hydrogens (tertiary/aromatic N) is 2. The second kappa shape index (κ2) is 9.10. The smallest absolute Gasteiger partial charge is 0.295 e. The summed E-state index contributed by atoms with van der Waals surface area (Å²) in [7, 11) is 1.28. The predicted octanol–water partition coefficient (Wildman–Crippen LogP) is 4.76. The van der Waals surface area contributed by atoms with E-state index in [2.05, 4.69) is 15.4 Å². The SMILES string of the molecule is COc1c(Cl)ccc(-c2cc(N)c(Cl)c(C(=O)NOCc3cnc(Cl)s3)n2)c1F. The Morgan fingerprint density at radius 1 is 1.34 bits per heavy atom. The number of carbonyl (C=O) groups is 1. The molecule has 0 unspecified atom stereocenters. The van der Waals surface area contributed by atoms with Crippen LogP contribution in [0.25, 0.3) is 11.3 Å². The van der Waals surface area contributed by atoms with Gasteiger partial charge in [-0.1, -0.05) is 34.8 Å². The molecule has 152 valence electrons. The van der Waals surface area contributed by atoms with Crippen molar-refractivity contribution in [1.29, 1.82) is 0 Å². The number of nitrogens with two attached hydrogens (primary N) is 1. The van der Waals surface area contributed by atoms with Gasteiger partial charge in [0.2, 0.25) is 0 Å². The number of nitrogen functional groups attached to an aromatic ring is 1. The first kappa shape index (κ1) is 21.5. The number of carbonyl (C=O) groups excluding carboxylic acids is 1. The van der Waals surface area contributed by atoms with E-state index in [1.165, 1.54) is 42.8 Å². The summed E-state index contributed by atoms with van der Waals surface area (Å²) in [6, 6.07) is 4.17. The molecule has 0 radical (unpaired) electrons. The van der Waals surface area contributed by atoms with Crippen LogP contribution in [0.5, 0.6) is 5.75 Å². The monoisotopic (exact) mass is 476 g/mol. The van der Waals surface area contributed by atoms with Crippen LogP contribution in [0.1, 0.15) is 15.4 Å². The molecule has 0 aliphatic carbocycles. The van der Waals surface area contributed by atoms with Gasteiger partial charge < -0.3 is 10.5 Å². The Morgan fingerprint density at radius 2 is 2.10 bits per heavy atom. The molecule has 2 heterocycles. The molecule has 0 saturated heterocycles. The highest BCUT2D eigenvalue weighted by atomic mass is 35.5. The van der Waals surface area contributed by atoms with E-state index in [1.54, 1.807) is 0 Å². The standard InChI is InChI=1S/C17H12Cl3FN4O3S/c1-27-15-9(18)3-2-8(13(15)21)11-4-10(22)12(19)14(24-11)16(26)25-28-6-7-5-23-17(20)29-7/h2-5H,6H2,1H3,(H2,22,24)(H,25,26). The molecular weight excluding hydrogens is 466 g/mol. The summed E-state index contributed by atoms with van der Waals surface area (Å²) in [5, 5.41) is -0.0118. The second-order valence-corrected chi connectivity index (χ2v) is 7.98. The molecule has 7 nitrogen and oxygen atoms in total. The van der Waals surface area contributed by atoms with Crippen LogP contribution in [0.3, 0.4) is 0 Å². The third-order valence-corrected chi connectivity index (χ3v) is 5.42. The van der Waals surface area contributed by atoms with Crippen molar-refractivity contribution in [2.24, 2.45) is 0 Å². The first-order valence-electron chi connectivity index (χ1n) is 7.82. The molecule has 0 spiro atoms. The molecule has 0 aliphatic heterocycles. The Kier molecular flexibility index (Phi) is 6.76.